The molecule has 1 aliphatic carbocycles. The zero-order valence-corrected chi connectivity index (χ0v) is 9.84. The molecule has 0 aromatic heterocycles. The second-order valence-corrected chi connectivity index (χ2v) is 6.40. The van der Waals surface area contributed by atoms with Gasteiger partial charge in [0.25, 0.3) is 0 Å². The van der Waals surface area contributed by atoms with Crippen LogP contribution in [0.3, 0.4) is 0 Å². The minimum atomic E-state index is -3.11. The van der Waals surface area contributed by atoms with E-state index in [-0.39, 0.29) is 13.0 Å². The molecule has 0 spiro atoms. The predicted molar refractivity (Wildman–Crippen MR) is 56.0 cm³/mol. The molecule has 1 saturated carbocycles. The van der Waals surface area contributed by atoms with E-state index in [1.807, 2.05) is 0 Å². The van der Waals surface area contributed by atoms with Gasteiger partial charge in [-0.1, -0.05) is 0 Å². The van der Waals surface area contributed by atoms with E-state index in [4.69, 9.17) is 10.5 Å². The number of ether oxygens (including phenoxy) is 1. The molecule has 0 aromatic carbocycles. The monoisotopic (exact) mass is 235 g/mol. The molecular formula is C9H17NO4S. The minimum absolute atomic E-state index is 0.171. The van der Waals surface area contributed by atoms with E-state index in [1.54, 1.807) is 6.92 Å². The van der Waals surface area contributed by atoms with Crippen molar-refractivity contribution in [3.63, 3.8) is 0 Å². The molecule has 6 heteroatoms. The van der Waals surface area contributed by atoms with Crippen LogP contribution in [-0.2, 0) is 19.4 Å². The first-order valence-corrected chi connectivity index (χ1v) is 6.90. The van der Waals surface area contributed by atoms with Crippen molar-refractivity contribution in [3.8, 4) is 0 Å². The van der Waals surface area contributed by atoms with E-state index in [0.29, 0.717) is 12.8 Å². The summed E-state index contributed by atoms with van der Waals surface area (Å²) < 4.78 is 27.4. The standard InChI is InChI=1S/C9H17NO4S/c1-3-14-8(11)9(10)5-4-7(6-9)15(2,12)13/h7H,3-6,10H2,1-2H3/t7-,9+/m1/s1. The Hall–Kier alpha value is -0.620. The number of carbonyl (C=O) groups excluding carboxylic acids is 1. The maximum Gasteiger partial charge on any atom is 0.326 e. The van der Waals surface area contributed by atoms with Crippen LogP contribution in [0.15, 0.2) is 0 Å². The molecule has 5 nitrogen and oxygen atoms in total. The van der Waals surface area contributed by atoms with Crippen molar-refractivity contribution in [2.24, 2.45) is 5.73 Å². The molecule has 1 rings (SSSR count). The summed E-state index contributed by atoms with van der Waals surface area (Å²) in [5, 5.41) is -0.507. The smallest absolute Gasteiger partial charge is 0.326 e. The van der Waals surface area contributed by atoms with Gasteiger partial charge in [0.1, 0.15) is 15.4 Å². The van der Waals surface area contributed by atoms with Crippen LogP contribution in [0.1, 0.15) is 26.2 Å². The first kappa shape index (κ1) is 12.4. The molecule has 88 valence electrons. The number of hydrogen-bond donors (Lipinski definition) is 1. The zero-order chi connectivity index (χ0) is 11.7. The van der Waals surface area contributed by atoms with Gasteiger partial charge in [-0.15, -0.1) is 0 Å². The number of rotatable bonds is 3. The third-order valence-electron chi connectivity index (χ3n) is 2.79. The van der Waals surface area contributed by atoms with E-state index in [0.717, 1.165) is 0 Å². The van der Waals surface area contributed by atoms with Gasteiger partial charge in [0.05, 0.1) is 11.9 Å². The maximum absolute atomic E-state index is 11.5. The highest BCUT2D eigenvalue weighted by molar-refractivity contribution is 7.91. The average Bonchev–Trinajstić information content (AvgIpc) is 2.49. The first-order chi connectivity index (χ1) is 6.79. The van der Waals surface area contributed by atoms with Crippen LogP contribution in [0, 0.1) is 0 Å². The van der Waals surface area contributed by atoms with Crippen LogP contribution < -0.4 is 5.73 Å². The summed E-state index contributed by atoms with van der Waals surface area (Å²) in [6, 6.07) is 0. The van der Waals surface area contributed by atoms with Crippen LogP contribution in [0.4, 0.5) is 0 Å². The third-order valence-corrected chi connectivity index (χ3v) is 4.41. The summed E-state index contributed by atoms with van der Waals surface area (Å²) in [6.07, 6.45) is 2.16. The Kier molecular flexibility index (Phi) is 3.40. The van der Waals surface area contributed by atoms with E-state index < -0.39 is 26.6 Å². The van der Waals surface area contributed by atoms with Crippen molar-refractivity contribution in [3.05, 3.63) is 0 Å². The van der Waals surface area contributed by atoms with E-state index in [9.17, 15) is 13.2 Å². The number of carbonyl (C=O) groups is 1. The molecule has 0 bridgehead atoms. The second kappa shape index (κ2) is 4.09. The highest BCUT2D eigenvalue weighted by Gasteiger charge is 2.46. The largest absolute Gasteiger partial charge is 0.465 e. The van der Waals surface area contributed by atoms with Crippen molar-refractivity contribution in [2.75, 3.05) is 12.9 Å². The van der Waals surface area contributed by atoms with Gasteiger partial charge in [-0.05, 0) is 26.2 Å². The summed E-state index contributed by atoms with van der Waals surface area (Å²) >= 11 is 0. The van der Waals surface area contributed by atoms with Gasteiger partial charge in [0.2, 0.25) is 0 Å². The van der Waals surface area contributed by atoms with Crippen LogP contribution >= 0.6 is 0 Å². The molecule has 0 amide bonds. The summed E-state index contributed by atoms with van der Waals surface area (Å²) in [5.74, 6) is -0.490. The fourth-order valence-electron chi connectivity index (χ4n) is 1.85. The number of nitrogens with two attached hydrogens (primary N) is 1. The SMILES string of the molecule is CCOC(=O)[C@]1(N)CC[C@@H](S(C)(=O)=O)C1. The quantitative estimate of drug-likeness (QED) is 0.687. The van der Waals surface area contributed by atoms with Crippen LogP contribution in [0.2, 0.25) is 0 Å². The van der Waals surface area contributed by atoms with Crippen LogP contribution in [0.5, 0.6) is 0 Å². The van der Waals surface area contributed by atoms with Gasteiger partial charge in [0.15, 0.2) is 0 Å². The lowest BCUT2D eigenvalue weighted by Gasteiger charge is -2.21. The lowest BCUT2D eigenvalue weighted by molar-refractivity contribution is -0.149. The molecule has 0 heterocycles. The number of esters is 1. The second-order valence-electron chi connectivity index (χ2n) is 4.07. The lowest BCUT2D eigenvalue weighted by Crippen LogP contribution is -2.47. The van der Waals surface area contributed by atoms with Gasteiger partial charge >= 0.3 is 5.97 Å². The molecular weight excluding hydrogens is 218 g/mol. The average molecular weight is 235 g/mol. The third kappa shape index (κ3) is 2.69. The maximum atomic E-state index is 11.5. The van der Waals surface area contributed by atoms with Crippen LogP contribution in [0.25, 0.3) is 0 Å². The number of sulfone groups is 1. The van der Waals surface area contributed by atoms with Crippen molar-refractivity contribution >= 4 is 15.8 Å². The van der Waals surface area contributed by atoms with Crippen molar-refractivity contribution in [1.82, 2.24) is 0 Å². The highest BCUT2D eigenvalue weighted by Crippen LogP contribution is 2.32. The number of hydrogen-bond acceptors (Lipinski definition) is 5. The molecule has 1 fully saturated rings. The molecule has 0 aromatic rings. The Labute approximate surface area is 89.9 Å². The molecule has 15 heavy (non-hydrogen) atoms. The minimum Gasteiger partial charge on any atom is -0.465 e. The summed E-state index contributed by atoms with van der Waals surface area (Å²) in [4.78, 5) is 11.5. The molecule has 2 atom stereocenters. The van der Waals surface area contributed by atoms with Gasteiger partial charge in [0, 0.05) is 6.26 Å². The van der Waals surface area contributed by atoms with Gasteiger partial charge in [-0.25, -0.2) is 8.42 Å². The Bertz CT molecular complexity index is 351. The summed E-state index contributed by atoms with van der Waals surface area (Å²) in [5.41, 5.74) is 4.73. The van der Waals surface area contributed by atoms with Crippen molar-refractivity contribution in [2.45, 2.75) is 37.0 Å². The fourth-order valence-corrected chi connectivity index (χ4v) is 3.00. The van der Waals surface area contributed by atoms with Gasteiger partial charge in [-0.3, -0.25) is 4.79 Å². The molecule has 0 unspecified atom stereocenters. The fraction of sp³-hybridized carbons (Fsp3) is 0.889. The Morgan fingerprint density at radius 1 is 1.60 bits per heavy atom. The molecule has 1 aliphatic rings. The van der Waals surface area contributed by atoms with E-state index in [1.165, 1.54) is 6.26 Å². The van der Waals surface area contributed by atoms with Crippen molar-refractivity contribution in [1.29, 1.82) is 0 Å². The topological polar surface area (TPSA) is 86.5 Å². The zero-order valence-electron chi connectivity index (χ0n) is 9.02. The molecule has 2 N–H and O–H groups in total. The van der Waals surface area contributed by atoms with Crippen molar-refractivity contribution < 1.29 is 17.9 Å². The normalized spacial score (nSPS) is 31.5. The summed E-state index contributed by atoms with van der Waals surface area (Å²) in [6.45, 7) is 1.96. The van der Waals surface area contributed by atoms with Crippen LogP contribution in [-0.4, -0.2) is 38.0 Å². The Morgan fingerprint density at radius 3 is 2.60 bits per heavy atom. The Balaban J connectivity index is 2.73. The molecule has 0 radical (unpaired) electrons. The molecule has 0 aliphatic heterocycles. The highest BCUT2D eigenvalue weighted by atomic mass is 32.2. The van der Waals surface area contributed by atoms with Gasteiger partial charge in [-0.2, -0.15) is 0 Å². The van der Waals surface area contributed by atoms with E-state index in [2.05, 4.69) is 0 Å². The van der Waals surface area contributed by atoms with E-state index >= 15 is 0 Å². The molecule has 0 saturated heterocycles. The lowest BCUT2D eigenvalue weighted by atomic mass is 10.00. The predicted octanol–water partition coefficient (Wildman–Crippen LogP) is -0.156. The first-order valence-electron chi connectivity index (χ1n) is 4.94. The summed E-state index contributed by atoms with van der Waals surface area (Å²) in [7, 11) is -3.11. The van der Waals surface area contributed by atoms with Gasteiger partial charge < -0.3 is 10.5 Å². The Morgan fingerprint density at radius 2 is 2.20 bits per heavy atom.